The van der Waals surface area contributed by atoms with Gasteiger partial charge >= 0.3 is 5.97 Å². The van der Waals surface area contributed by atoms with Gasteiger partial charge in [0.05, 0.1) is 17.7 Å². The van der Waals surface area contributed by atoms with E-state index in [-0.39, 0.29) is 6.42 Å². The predicted octanol–water partition coefficient (Wildman–Crippen LogP) is 1.15. The van der Waals surface area contributed by atoms with Crippen LogP contribution in [0.3, 0.4) is 0 Å². The Morgan fingerprint density at radius 3 is 2.58 bits per heavy atom. The number of benzene rings is 1. The van der Waals surface area contributed by atoms with Crippen molar-refractivity contribution >= 4 is 11.7 Å². The standard InChI is InChI=1S/C14H17N3O2/c15-11-12-3-1-2-4-13(12)17-9-7-16(8-10-17)6-5-14(18)19/h1-4H,5-10H2,(H,18,19). The van der Waals surface area contributed by atoms with Crippen molar-refractivity contribution in [3.8, 4) is 6.07 Å². The van der Waals surface area contributed by atoms with Crippen LogP contribution in [0.4, 0.5) is 5.69 Å². The molecule has 100 valence electrons. The van der Waals surface area contributed by atoms with E-state index >= 15 is 0 Å². The molecular weight excluding hydrogens is 242 g/mol. The molecule has 19 heavy (non-hydrogen) atoms. The van der Waals surface area contributed by atoms with Gasteiger partial charge in [-0.1, -0.05) is 12.1 Å². The predicted molar refractivity (Wildman–Crippen MR) is 72.1 cm³/mol. The van der Waals surface area contributed by atoms with Gasteiger partial charge in [0.2, 0.25) is 0 Å². The molecule has 5 heteroatoms. The molecule has 0 unspecified atom stereocenters. The maximum atomic E-state index is 10.5. The molecule has 1 N–H and O–H groups in total. The zero-order valence-corrected chi connectivity index (χ0v) is 10.7. The molecule has 1 aliphatic heterocycles. The summed E-state index contributed by atoms with van der Waals surface area (Å²) in [6.07, 6.45) is 0.189. The second kappa shape index (κ2) is 6.21. The third kappa shape index (κ3) is 3.46. The molecule has 1 saturated heterocycles. The zero-order chi connectivity index (χ0) is 13.7. The van der Waals surface area contributed by atoms with Crippen molar-refractivity contribution in [2.45, 2.75) is 6.42 Å². The molecule has 0 aromatic heterocycles. The first kappa shape index (κ1) is 13.4. The van der Waals surface area contributed by atoms with Crippen LogP contribution in [0, 0.1) is 11.3 Å². The molecule has 1 heterocycles. The molecule has 0 atom stereocenters. The van der Waals surface area contributed by atoms with E-state index in [1.807, 2.05) is 24.3 Å². The van der Waals surface area contributed by atoms with Crippen molar-refractivity contribution in [3.05, 3.63) is 29.8 Å². The van der Waals surface area contributed by atoms with Crippen LogP contribution in [0.15, 0.2) is 24.3 Å². The topological polar surface area (TPSA) is 67.6 Å². The number of carboxylic acid groups (broad SMARTS) is 1. The van der Waals surface area contributed by atoms with E-state index in [0.29, 0.717) is 12.1 Å². The average molecular weight is 259 g/mol. The number of nitrogens with zero attached hydrogens (tertiary/aromatic N) is 3. The summed E-state index contributed by atoms with van der Waals surface area (Å²) >= 11 is 0. The Morgan fingerprint density at radius 1 is 1.26 bits per heavy atom. The van der Waals surface area contributed by atoms with Crippen molar-refractivity contribution in [1.82, 2.24) is 4.90 Å². The summed E-state index contributed by atoms with van der Waals surface area (Å²) in [5.74, 6) is -0.753. The Kier molecular flexibility index (Phi) is 4.37. The number of hydrogen-bond acceptors (Lipinski definition) is 4. The Morgan fingerprint density at radius 2 is 1.95 bits per heavy atom. The Hall–Kier alpha value is -2.06. The smallest absolute Gasteiger partial charge is 0.304 e. The molecule has 0 radical (unpaired) electrons. The number of aliphatic carboxylic acids is 1. The highest BCUT2D eigenvalue weighted by Crippen LogP contribution is 2.20. The minimum atomic E-state index is -0.753. The molecule has 1 fully saturated rings. The molecule has 0 saturated carbocycles. The Bertz CT molecular complexity index is 488. The fourth-order valence-corrected chi connectivity index (χ4v) is 2.31. The molecule has 1 aliphatic rings. The summed E-state index contributed by atoms with van der Waals surface area (Å²) in [7, 11) is 0. The minimum absolute atomic E-state index is 0.189. The number of nitriles is 1. The van der Waals surface area contributed by atoms with Gasteiger partial charge in [-0.05, 0) is 12.1 Å². The highest BCUT2D eigenvalue weighted by molar-refractivity contribution is 5.66. The van der Waals surface area contributed by atoms with E-state index in [2.05, 4.69) is 15.9 Å². The summed E-state index contributed by atoms with van der Waals surface area (Å²) in [6, 6.07) is 9.80. The fraction of sp³-hybridized carbons (Fsp3) is 0.429. The summed E-state index contributed by atoms with van der Waals surface area (Å²) in [5.41, 5.74) is 1.67. The van der Waals surface area contributed by atoms with Crippen LogP contribution in [-0.2, 0) is 4.79 Å². The van der Waals surface area contributed by atoms with Crippen LogP contribution in [0.5, 0.6) is 0 Å². The van der Waals surface area contributed by atoms with Crippen molar-refractivity contribution in [2.75, 3.05) is 37.6 Å². The van der Waals surface area contributed by atoms with Crippen molar-refractivity contribution in [2.24, 2.45) is 0 Å². The van der Waals surface area contributed by atoms with E-state index in [1.54, 1.807) is 0 Å². The minimum Gasteiger partial charge on any atom is -0.481 e. The lowest BCUT2D eigenvalue weighted by Gasteiger charge is -2.36. The molecule has 5 nitrogen and oxygen atoms in total. The molecule has 1 aromatic carbocycles. The van der Waals surface area contributed by atoms with Gasteiger partial charge < -0.3 is 10.0 Å². The van der Waals surface area contributed by atoms with Crippen molar-refractivity contribution < 1.29 is 9.90 Å². The van der Waals surface area contributed by atoms with Crippen LogP contribution < -0.4 is 4.90 Å². The summed E-state index contributed by atoms with van der Waals surface area (Å²) < 4.78 is 0. The average Bonchev–Trinajstić information content (AvgIpc) is 2.45. The third-order valence-corrected chi connectivity index (χ3v) is 3.38. The van der Waals surface area contributed by atoms with Gasteiger partial charge in [-0.25, -0.2) is 0 Å². The highest BCUT2D eigenvalue weighted by Gasteiger charge is 2.19. The van der Waals surface area contributed by atoms with Gasteiger partial charge in [0.15, 0.2) is 0 Å². The largest absolute Gasteiger partial charge is 0.481 e. The zero-order valence-electron chi connectivity index (χ0n) is 10.7. The van der Waals surface area contributed by atoms with Crippen molar-refractivity contribution in [1.29, 1.82) is 5.26 Å². The first-order valence-electron chi connectivity index (χ1n) is 6.39. The monoisotopic (exact) mass is 259 g/mol. The van der Waals surface area contributed by atoms with E-state index in [9.17, 15) is 4.79 Å². The number of carboxylic acids is 1. The third-order valence-electron chi connectivity index (χ3n) is 3.38. The number of hydrogen-bond donors (Lipinski definition) is 1. The number of carbonyl (C=O) groups is 1. The molecule has 0 amide bonds. The van der Waals surface area contributed by atoms with Crippen LogP contribution in [0.25, 0.3) is 0 Å². The maximum absolute atomic E-state index is 10.5. The van der Waals surface area contributed by atoms with E-state index in [1.165, 1.54) is 0 Å². The molecular formula is C14H17N3O2. The van der Waals surface area contributed by atoms with E-state index < -0.39 is 5.97 Å². The van der Waals surface area contributed by atoms with Gasteiger partial charge in [0, 0.05) is 32.7 Å². The highest BCUT2D eigenvalue weighted by atomic mass is 16.4. The summed E-state index contributed by atoms with van der Waals surface area (Å²) in [4.78, 5) is 14.9. The number of piperazine rings is 1. The first-order chi connectivity index (χ1) is 9.20. The van der Waals surface area contributed by atoms with Gasteiger partial charge in [-0.2, -0.15) is 5.26 Å². The van der Waals surface area contributed by atoms with Gasteiger partial charge in [-0.15, -0.1) is 0 Å². The summed E-state index contributed by atoms with van der Waals surface area (Å²) in [5, 5.41) is 17.8. The summed E-state index contributed by atoms with van der Waals surface area (Å²) in [6.45, 7) is 3.94. The van der Waals surface area contributed by atoms with Crippen LogP contribution in [0.1, 0.15) is 12.0 Å². The second-order valence-corrected chi connectivity index (χ2v) is 4.60. The van der Waals surface area contributed by atoms with E-state index in [0.717, 1.165) is 31.9 Å². The van der Waals surface area contributed by atoms with Crippen LogP contribution >= 0.6 is 0 Å². The molecule has 0 bridgehead atoms. The normalized spacial score (nSPS) is 16.1. The Labute approximate surface area is 112 Å². The lowest BCUT2D eigenvalue weighted by Crippen LogP contribution is -2.47. The number of rotatable bonds is 4. The van der Waals surface area contributed by atoms with E-state index in [4.69, 9.17) is 10.4 Å². The Balaban J connectivity index is 1.93. The number of anilines is 1. The maximum Gasteiger partial charge on any atom is 0.304 e. The first-order valence-corrected chi connectivity index (χ1v) is 6.39. The van der Waals surface area contributed by atoms with Gasteiger partial charge in [0.25, 0.3) is 0 Å². The van der Waals surface area contributed by atoms with Crippen molar-refractivity contribution in [3.63, 3.8) is 0 Å². The van der Waals surface area contributed by atoms with Crippen LogP contribution in [0.2, 0.25) is 0 Å². The quantitative estimate of drug-likeness (QED) is 0.878. The molecule has 0 spiro atoms. The lowest BCUT2D eigenvalue weighted by molar-refractivity contribution is -0.137. The van der Waals surface area contributed by atoms with Gasteiger partial charge in [-0.3, -0.25) is 9.69 Å². The molecule has 1 aromatic rings. The SMILES string of the molecule is N#Cc1ccccc1N1CCN(CCC(=O)O)CC1. The molecule has 0 aliphatic carbocycles. The van der Waals surface area contributed by atoms with Crippen LogP contribution in [-0.4, -0.2) is 48.7 Å². The second-order valence-electron chi connectivity index (χ2n) is 4.60. The van der Waals surface area contributed by atoms with Gasteiger partial charge in [0.1, 0.15) is 6.07 Å². The molecule has 2 rings (SSSR count). The number of para-hydroxylation sites is 1. The lowest BCUT2D eigenvalue weighted by atomic mass is 10.1. The fourth-order valence-electron chi connectivity index (χ4n) is 2.31.